The molecule has 0 spiro atoms. The van der Waals surface area contributed by atoms with Gasteiger partial charge in [-0.15, -0.1) is 0 Å². The summed E-state index contributed by atoms with van der Waals surface area (Å²) in [7, 11) is 0. The van der Waals surface area contributed by atoms with Gasteiger partial charge in [-0.2, -0.15) is 18.2 Å². The van der Waals surface area contributed by atoms with Gasteiger partial charge in [-0.25, -0.2) is 12.1 Å². The summed E-state index contributed by atoms with van der Waals surface area (Å²) in [6, 6.07) is 12.0. The van der Waals surface area contributed by atoms with Gasteiger partial charge in [-0.1, -0.05) is 42.2 Å². The van der Waals surface area contributed by atoms with Crippen LogP contribution in [0.2, 0.25) is 0 Å². The molecular weight excluding hydrogens is 348 g/mol. The van der Waals surface area contributed by atoms with E-state index in [2.05, 4.69) is 0 Å². The normalized spacial score (nSPS) is 12.3. The summed E-state index contributed by atoms with van der Waals surface area (Å²) in [6.07, 6.45) is 10.1. The molecule has 0 heterocycles. The van der Waals surface area contributed by atoms with E-state index in [0.29, 0.717) is 0 Å². The molecule has 24 heavy (non-hydrogen) atoms. The van der Waals surface area contributed by atoms with Crippen LogP contribution < -0.4 is 5.11 Å². The van der Waals surface area contributed by atoms with Crippen molar-refractivity contribution in [2.45, 2.75) is 0 Å². The summed E-state index contributed by atoms with van der Waals surface area (Å²) in [5.74, 6) is -1.75. The fourth-order valence-corrected chi connectivity index (χ4v) is 1.93. The smallest absolute Gasteiger partial charge is 0.872 e. The number of phenolic OH excluding ortho intramolecular Hbond substituents is 3. The Labute approximate surface area is 150 Å². The number of hydrogen-bond donors (Lipinski definition) is 3. The molecule has 124 valence electrons. The van der Waals surface area contributed by atoms with Crippen molar-refractivity contribution in [3.8, 4) is 17.2 Å². The monoisotopic (exact) mass is 364 g/mol. The van der Waals surface area contributed by atoms with Crippen molar-refractivity contribution in [3.63, 3.8) is 0 Å². The van der Waals surface area contributed by atoms with E-state index in [4.69, 9.17) is 5.11 Å². The van der Waals surface area contributed by atoms with Crippen LogP contribution in [0.1, 0.15) is 5.56 Å². The molecule has 1 aliphatic rings. The quantitative estimate of drug-likeness (QED) is 0.435. The average molecular weight is 364 g/mol. The molecule has 0 saturated carbocycles. The Morgan fingerprint density at radius 3 is 1.96 bits per heavy atom. The molecule has 0 amide bonds. The molecule has 3 rings (SSSR count). The zero-order valence-corrected chi connectivity index (χ0v) is 13.7. The van der Waals surface area contributed by atoms with E-state index in [9.17, 15) is 15.3 Å². The fourth-order valence-electron chi connectivity index (χ4n) is 1.93. The minimum absolute atomic E-state index is 0. The van der Waals surface area contributed by atoms with E-state index in [1.165, 1.54) is 6.08 Å². The van der Waals surface area contributed by atoms with Crippen molar-refractivity contribution in [2.75, 3.05) is 0 Å². The minimum Gasteiger partial charge on any atom is -0.872 e. The van der Waals surface area contributed by atoms with Crippen LogP contribution in [0.15, 0.2) is 84.5 Å². The van der Waals surface area contributed by atoms with E-state index < -0.39 is 17.3 Å². The van der Waals surface area contributed by atoms with Crippen molar-refractivity contribution in [2.24, 2.45) is 0 Å². The maximum Gasteiger partial charge on any atom is 2.00 e. The molecule has 0 unspecified atom stereocenters. The molecule has 1 aliphatic carbocycles. The van der Waals surface area contributed by atoms with Gasteiger partial charge in [0, 0.05) is 12.1 Å². The summed E-state index contributed by atoms with van der Waals surface area (Å²) >= 11 is 0. The topological polar surface area (TPSA) is 83.8 Å². The fraction of sp³-hybridized carbons (Fsp3) is 0. The van der Waals surface area contributed by atoms with Gasteiger partial charge in [-0.05, 0) is 5.57 Å². The van der Waals surface area contributed by atoms with Gasteiger partial charge in [0.2, 0.25) is 0 Å². The Morgan fingerprint density at radius 1 is 0.958 bits per heavy atom. The summed E-state index contributed by atoms with van der Waals surface area (Å²) in [5.41, 5.74) is 0.622. The number of hydrogen-bond acceptors (Lipinski definition) is 4. The van der Waals surface area contributed by atoms with Gasteiger partial charge in [-0.3, -0.25) is 0 Å². The first-order valence-electron chi connectivity index (χ1n) is 6.93. The third kappa shape index (κ3) is 5.47. The number of phenols is 3. The summed E-state index contributed by atoms with van der Waals surface area (Å²) < 4.78 is 0. The second-order valence-corrected chi connectivity index (χ2v) is 4.74. The molecule has 0 fully saturated rings. The first kappa shape index (κ1) is 19.3. The standard InChI is InChI=1S/C14H12O4.C5H5.Fe/c15-10-7-12(17)14(13(18)8-10)11(16)6-5-9-3-1-2-4-9;1-2-4-5-3-1;/h1-8,15-18H;1-5H;/q;-1;+2/p-1. The molecule has 5 heteroatoms. The summed E-state index contributed by atoms with van der Waals surface area (Å²) in [5, 5.41) is 40.0. The predicted molar refractivity (Wildman–Crippen MR) is 87.8 cm³/mol. The first-order chi connectivity index (χ1) is 11.1. The molecule has 4 nitrogen and oxygen atoms in total. The maximum absolute atomic E-state index is 11.8. The molecule has 2 aromatic rings. The van der Waals surface area contributed by atoms with Crippen LogP contribution in [0.5, 0.6) is 17.2 Å². The second kappa shape index (κ2) is 9.40. The van der Waals surface area contributed by atoms with Crippen molar-refractivity contribution in [1.82, 2.24) is 0 Å². The van der Waals surface area contributed by atoms with E-state index in [1.807, 2.05) is 54.6 Å². The number of rotatable bonds is 2. The molecular formula is C19H16FeO4. The van der Waals surface area contributed by atoms with Crippen LogP contribution in [0.4, 0.5) is 0 Å². The van der Waals surface area contributed by atoms with Gasteiger partial charge in [0.05, 0.1) is 5.56 Å². The average Bonchev–Trinajstić information content (AvgIpc) is 3.20. The van der Waals surface area contributed by atoms with Crippen molar-refractivity contribution >= 4 is 5.76 Å². The maximum atomic E-state index is 11.8. The molecule has 0 radical (unpaired) electrons. The Bertz CT molecular complexity index is 714. The molecule has 3 N–H and O–H groups in total. The van der Waals surface area contributed by atoms with Gasteiger partial charge in [0.25, 0.3) is 0 Å². The summed E-state index contributed by atoms with van der Waals surface area (Å²) in [6.45, 7) is 0. The van der Waals surface area contributed by atoms with E-state index in [-0.39, 0.29) is 28.4 Å². The van der Waals surface area contributed by atoms with Crippen LogP contribution >= 0.6 is 0 Å². The largest absolute Gasteiger partial charge is 2.00 e. The Kier molecular flexibility index (Phi) is 7.56. The number of allylic oxidation sites excluding steroid dienone is 7. The molecule has 0 bridgehead atoms. The van der Waals surface area contributed by atoms with Crippen LogP contribution in [0.3, 0.4) is 0 Å². The van der Waals surface area contributed by atoms with Crippen molar-refractivity contribution < 1.29 is 37.5 Å². The van der Waals surface area contributed by atoms with Gasteiger partial charge >= 0.3 is 17.1 Å². The van der Waals surface area contributed by atoms with Crippen LogP contribution in [0.25, 0.3) is 5.76 Å². The number of aromatic hydroxyl groups is 3. The second-order valence-electron chi connectivity index (χ2n) is 4.74. The molecule has 0 aliphatic heterocycles. The van der Waals surface area contributed by atoms with Crippen molar-refractivity contribution in [3.05, 3.63) is 90.1 Å². The Hall–Kier alpha value is -2.75. The molecule has 2 aromatic carbocycles. The zero-order valence-electron chi connectivity index (χ0n) is 12.6. The van der Waals surface area contributed by atoms with Crippen LogP contribution in [-0.4, -0.2) is 15.3 Å². The molecule has 0 aromatic heterocycles. The third-order valence-corrected chi connectivity index (χ3v) is 3.00. The summed E-state index contributed by atoms with van der Waals surface area (Å²) in [4.78, 5) is 0. The van der Waals surface area contributed by atoms with E-state index in [1.54, 1.807) is 6.08 Å². The first-order valence-corrected chi connectivity index (χ1v) is 6.93. The van der Waals surface area contributed by atoms with Crippen molar-refractivity contribution in [1.29, 1.82) is 0 Å². The molecule has 0 saturated heterocycles. The van der Waals surface area contributed by atoms with E-state index in [0.717, 1.165) is 17.7 Å². The Balaban J connectivity index is 0.000000412. The predicted octanol–water partition coefficient (Wildman–Crippen LogP) is 2.96. The van der Waals surface area contributed by atoms with Gasteiger partial charge in [0.15, 0.2) is 0 Å². The SMILES string of the molecule is [Fe+2].[O-]C(=CC=C1C=CC=C1)c1c(O)cc(O)cc1O.c1cc[cH-]c1. The minimum atomic E-state index is -0.536. The third-order valence-electron chi connectivity index (χ3n) is 3.00. The Morgan fingerprint density at radius 2 is 1.50 bits per heavy atom. The zero-order chi connectivity index (χ0) is 16.7. The number of benzene rings is 1. The van der Waals surface area contributed by atoms with Gasteiger partial charge in [0.1, 0.15) is 17.2 Å². The van der Waals surface area contributed by atoms with Crippen LogP contribution in [-0.2, 0) is 17.1 Å². The molecule has 0 atom stereocenters. The van der Waals surface area contributed by atoms with Gasteiger partial charge < -0.3 is 20.4 Å². The van der Waals surface area contributed by atoms with E-state index >= 15 is 0 Å². The van der Waals surface area contributed by atoms with Crippen LogP contribution in [0, 0.1) is 0 Å².